The van der Waals surface area contributed by atoms with Gasteiger partial charge >= 0.3 is 0 Å². The van der Waals surface area contributed by atoms with Crippen LogP contribution in [0.3, 0.4) is 0 Å². The Morgan fingerprint density at radius 1 is 1.12 bits per heavy atom. The van der Waals surface area contributed by atoms with Crippen LogP contribution in [-0.4, -0.2) is 17.6 Å². The highest BCUT2D eigenvalue weighted by atomic mass is 35.5. The molecule has 3 rings (SSSR count). The average Bonchev–Trinajstić information content (AvgIpc) is 2.95. The second-order valence-corrected chi connectivity index (χ2v) is 6.34. The first-order valence-electron chi connectivity index (χ1n) is 7.39. The SMILES string of the molecule is COc1ccc2c(ccn2C(C)C(=O)Nc2cc(Cl)cc(Cl)c2)c1. The summed E-state index contributed by atoms with van der Waals surface area (Å²) in [6.07, 6.45) is 1.89. The van der Waals surface area contributed by atoms with Crippen molar-refractivity contribution < 1.29 is 9.53 Å². The second-order valence-electron chi connectivity index (χ2n) is 5.47. The molecule has 124 valence electrons. The van der Waals surface area contributed by atoms with Gasteiger partial charge < -0.3 is 14.6 Å². The maximum atomic E-state index is 12.6. The molecule has 1 aromatic heterocycles. The molecular formula is C18H16Cl2N2O2. The van der Waals surface area contributed by atoms with E-state index in [1.54, 1.807) is 25.3 Å². The molecule has 1 atom stereocenters. The van der Waals surface area contributed by atoms with E-state index in [0.717, 1.165) is 16.7 Å². The van der Waals surface area contributed by atoms with Gasteiger partial charge in [0.25, 0.3) is 0 Å². The van der Waals surface area contributed by atoms with Gasteiger partial charge in [0.05, 0.1) is 7.11 Å². The van der Waals surface area contributed by atoms with Crippen molar-refractivity contribution in [3.63, 3.8) is 0 Å². The summed E-state index contributed by atoms with van der Waals surface area (Å²) in [7, 11) is 1.63. The molecule has 0 fully saturated rings. The molecule has 2 aromatic carbocycles. The summed E-state index contributed by atoms with van der Waals surface area (Å²) in [6.45, 7) is 1.84. The minimum absolute atomic E-state index is 0.151. The summed E-state index contributed by atoms with van der Waals surface area (Å²) in [5.74, 6) is 0.632. The van der Waals surface area contributed by atoms with E-state index < -0.39 is 6.04 Å². The molecule has 1 heterocycles. The fourth-order valence-corrected chi connectivity index (χ4v) is 3.13. The lowest BCUT2D eigenvalue weighted by Crippen LogP contribution is -2.23. The number of halogens is 2. The van der Waals surface area contributed by atoms with Crippen LogP contribution < -0.4 is 10.1 Å². The number of benzene rings is 2. The number of anilines is 1. The van der Waals surface area contributed by atoms with Gasteiger partial charge in [-0.3, -0.25) is 4.79 Å². The van der Waals surface area contributed by atoms with Gasteiger partial charge in [0.2, 0.25) is 5.91 Å². The summed E-state index contributed by atoms with van der Waals surface area (Å²) >= 11 is 11.9. The number of carbonyl (C=O) groups excluding carboxylic acids is 1. The molecule has 0 aliphatic carbocycles. The molecule has 0 saturated carbocycles. The van der Waals surface area contributed by atoms with Gasteiger partial charge in [0.15, 0.2) is 0 Å². The lowest BCUT2D eigenvalue weighted by molar-refractivity contribution is -0.118. The molecule has 0 aliphatic rings. The Bertz CT molecular complexity index is 885. The third kappa shape index (κ3) is 3.35. The first kappa shape index (κ1) is 16.7. The predicted octanol–water partition coefficient (Wildman–Crippen LogP) is 5.16. The van der Waals surface area contributed by atoms with Gasteiger partial charge in [-0.1, -0.05) is 23.2 Å². The second kappa shape index (κ2) is 6.75. The monoisotopic (exact) mass is 362 g/mol. The third-order valence-corrected chi connectivity index (χ3v) is 4.29. The van der Waals surface area contributed by atoms with Crippen molar-refractivity contribution in [2.75, 3.05) is 12.4 Å². The molecule has 24 heavy (non-hydrogen) atoms. The molecule has 6 heteroatoms. The zero-order chi connectivity index (χ0) is 17.3. The molecule has 1 amide bonds. The van der Waals surface area contributed by atoms with Crippen LogP contribution in [0.4, 0.5) is 5.69 Å². The van der Waals surface area contributed by atoms with Crippen LogP contribution in [0.5, 0.6) is 5.75 Å². The summed E-state index contributed by atoms with van der Waals surface area (Å²) in [6, 6.07) is 12.3. The number of nitrogens with zero attached hydrogens (tertiary/aromatic N) is 1. The van der Waals surface area contributed by atoms with Crippen molar-refractivity contribution in [2.24, 2.45) is 0 Å². The highest BCUT2D eigenvalue weighted by Gasteiger charge is 2.17. The van der Waals surface area contributed by atoms with Gasteiger partial charge in [-0.15, -0.1) is 0 Å². The van der Waals surface area contributed by atoms with Crippen LogP contribution in [0.2, 0.25) is 10.0 Å². The number of nitrogens with one attached hydrogen (secondary N) is 1. The van der Waals surface area contributed by atoms with Gasteiger partial charge in [-0.2, -0.15) is 0 Å². The first-order valence-corrected chi connectivity index (χ1v) is 8.15. The summed E-state index contributed by atoms with van der Waals surface area (Å²) < 4.78 is 7.14. The molecule has 4 nitrogen and oxygen atoms in total. The predicted molar refractivity (Wildman–Crippen MR) is 98.3 cm³/mol. The fourth-order valence-electron chi connectivity index (χ4n) is 2.61. The van der Waals surface area contributed by atoms with Crippen LogP contribution >= 0.6 is 23.2 Å². The number of carbonyl (C=O) groups is 1. The van der Waals surface area contributed by atoms with E-state index in [2.05, 4.69) is 5.32 Å². The first-order chi connectivity index (χ1) is 11.5. The Morgan fingerprint density at radius 3 is 2.50 bits per heavy atom. The number of amides is 1. The average molecular weight is 363 g/mol. The normalized spacial score (nSPS) is 12.2. The van der Waals surface area contributed by atoms with Crippen molar-refractivity contribution in [3.05, 3.63) is 58.7 Å². The summed E-state index contributed by atoms with van der Waals surface area (Å²) in [5, 5.41) is 4.81. The number of methoxy groups -OCH3 is 1. The number of aromatic nitrogens is 1. The van der Waals surface area contributed by atoms with Crippen molar-refractivity contribution >= 4 is 45.7 Å². The number of ether oxygens (including phenoxy) is 1. The molecule has 0 bridgehead atoms. The van der Waals surface area contributed by atoms with Gasteiger partial charge in [-0.25, -0.2) is 0 Å². The Balaban J connectivity index is 1.85. The van der Waals surface area contributed by atoms with Crippen molar-refractivity contribution in [1.29, 1.82) is 0 Å². The molecule has 1 unspecified atom stereocenters. The zero-order valence-electron chi connectivity index (χ0n) is 13.2. The van der Waals surface area contributed by atoms with E-state index in [-0.39, 0.29) is 5.91 Å². The molecule has 0 spiro atoms. The van der Waals surface area contributed by atoms with E-state index in [4.69, 9.17) is 27.9 Å². The highest BCUT2D eigenvalue weighted by molar-refractivity contribution is 6.35. The van der Waals surface area contributed by atoms with Crippen LogP contribution in [0.25, 0.3) is 10.9 Å². The van der Waals surface area contributed by atoms with Crippen LogP contribution in [0.1, 0.15) is 13.0 Å². The fraction of sp³-hybridized carbons (Fsp3) is 0.167. The van der Waals surface area contributed by atoms with Gasteiger partial charge in [-0.05, 0) is 49.4 Å². The maximum Gasteiger partial charge on any atom is 0.247 e. The molecular weight excluding hydrogens is 347 g/mol. The lowest BCUT2D eigenvalue weighted by atomic mass is 10.2. The van der Waals surface area contributed by atoms with Crippen LogP contribution in [-0.2, 0) is 4.79 Å². The van der Waals surface area contributed by atoms with Crippen LogP contribution in [0.15, 0.2) is 48.7 Å². The quantitative estimate of drug-likeness (QED) is 0.696. The minimum atomic E-state index is -0.395. The molecule has 0 saturated heterocycles. The van der Waals surface area contributed by atoms with Crippen molar-refractivity contribution in [2.45, 2.75) is 13.0 Å². The smallest absolute Gasteiger partial charge is 0.247 e. The van der Waals surface area contributed by atoms with E-state index in [9.17, 15) is 4.79 Å². The molecule has 0 radical (unpaired) electrons. The Hall–Kier alpha value is -2.17. The standard InChI is InChI=1S/C18H16Cl2N2O2/c1-11(18(23)21-15-9-13(19)8-14(20)10-15)22-6-5-12-7-16(24-2)3-4-17(12)22/h3-11H,1-2H3,(H,21,23). The molecule has 3 aromatic rings. The van der Waals surface area contributed by atoms with Gasteiger partial charge in [0, 0.05) is 32.8 Å². The number of fused-ring (bicyclic) bond motifs is 1. The van der Waals surface area contributed by atoms with E-state index in [0.29, 0.717) is 15.7 Å². The Labute approximate surface area is 149 Å². The number of hydrogen-bond acceptors (Lipinski definition) is 2. The van der Waals surface area contributed by atoms with Crippen molar-refractivity contribution in [1.82, 2.24) is 4.57 Å². The number of hydrogen-bond donors (Lipinski definition) is 1. The third-order valence-electron chi connectivity index (χ3n) is 3.85. The Kier molecular flexibility index (Phi) is 4.69. The molecule has 1 N–H and O–H groups in total. The van der Waals surface area contributed by atoms with E-state index in [1.807, 2.05) is 42.0 Å². The zero-order valence-corrected chi connectivity index (χ0v) is 14.7. The Morgan fingerprint density at radius 2 is 1.83 bits per heavy atom. The lowest BCUT2D eigenvalue weighted by Gasteiger charge is -2.16. The highest BCUT2D eigenvalue weighted by Crippen LogP contribution is 2.26. The van der Waals surface area contributed by atoms with Crippen molar-refractivity contribution in [3.8, 4) is 5.75 Å². The summed E-state index contributed by atoms with van der Waals surface area (Å²) in [5.41, 5.74) is 1.53. The molecule has 0 aliphatic heterocycles. The topological polar surface area (TPSA) is 43.3 Å². The summed E-state index contributed by atoms with van der Waals surface area (Å²) in [4.78, 5) is 12.6. The minimum Gasteiger partial charge on any atom is -0.497 e. The largest absolute Gasteiger partial charge is 0.497 e. The number of rotatable bonds is 4. The van der Waals surface area contributed by atoms with Crippen LogP contribution in [0, 0.1) is 0 Å². The van der Waals surface area contributed by atoms with Gasteiger partial charge in [0.1, 0.15) is 11.8 Å². The maximum absolute atomic E-state index is 12.6. The van der Waals surface area contributed by atoms with E-state index in [1.165, 1.54) is 0 Å². The van der Waals surface area contributed by atoms with E-state index >= 15 is 0 Å².